The van der Waals surface area contributed by atoms with Gasteiger partial charge in [-0.3, -0.25) is 9.59 Å². The fraction of sp³-hybridized carbons (Fsp3) is 0.429. The van der Waals surface area contributed by atoms with Crippen LogP contribution in [0.3, 0.4) is 0 Å². The minimum absolute atomic E-state index is 0.0390. The molecule has 1 aliphatic rings. The number of amides is 1. The molecule has 1 saturated carbocycles. The first-order valence-corrected chi connectivity index (χ1v) is 7.40. The Morgan fingerprint density at radius 1 is 1.37 bits per heavy atom. The van der Waals surface area contributed by atoms with Gasteiger partial charge in [0, 0.05) is 35.4 Å². The number of hydrogen-bond acceptors (Lipinski definition) is 2. The molecule has 1 aromatic rings. The van der Waals surface area contributed by atoms with Crippen LogP contribution in [0.1, 0.15) is 36.0 Å². The van der Waals surface area contributed by atoms with Crippen LogP contribution in [0.25, 0.3) is 0 Å². The number of Topliss-reactive ketones (excluding diaryl/α,β-unsaturated/α-hetero) is 1. The third kappa shape index (κ3) is 3.37. The van der Waals surface area contributed by atoms with Crippen molar-refractivity contribution < 1.29 is 9.59 Å². The van der Waals surface area contributed by atoms with Crippen LogP contribution in [0.15, 0.2) is 22.7 Å². The molecule has 0 saturated heterocycles. The summed E-state index contributed by atoms with van der Waals surface area (Å²) >= 11 is 9.24. The third-order valence-corrected chi connectivity index (χ3v) is 4.43. The smallest absolute Gasteiger partial charge is 0.254 e. The normalized spacial score (nSPS) is 16.5. The summed E-state index contributed by atoms with van der Waals surface area (Å²) in [5.41, 5.74) is 0.601. The Balaban J connectivity index is 2.12. The average Bonchev–Trinajstić information content (AvgIpc) is 2.38. The summed E-state index contributed by atoms with van der Waals surface area (Å²) in [6.07, 6.45) is 2.66. The highest BCUT2D eigenvalue weighted by molar-refractivity contribution is 9.10. The zero-order valence-corrected chi connectivity index (χ0v) is 13.0. The Bertz CT molecular complexity index is 508. The van der Waals surface area contributed by atoms with Gasteiger partial charge in [-0.05, 0) is 47.0 Å². The van der Waals surface area contributed by atoms with Gasteiger partial charge in [0.25, 0.3) is 5.91 Å². The van der Waals surface area contributed by atoms with Crippen molar-refractivity contribution in [2.45, 2.75) is 31.7 Å². The van der Waals surface area contributed by atoms with Crippen molar-refractivity contribution in [3.63, 3.8) is 0 Å². The molecule has 0 spiro atoms. The number of nitrogens with zero attached hydrogens (tertiary/aromatic N) is 1. The lowest BCUT2D eigenvalue weighted by Crippen LogP contribution is -2.39. The second-order valence-electron chi connectivity index (χ2n) is 4.81. The van der Waals surface area contributed by atoms with E-state index in [0.29, 0.717) is 33.7 Å². The van der Waals surface area contributed by atoms with Crippen LogP contribution < -0.4 is 0 Å². The number of benzene rings is 1. The van der Waals surface area contributed by atoms with Crippen LogP contribution >= 0.6 is 27.5 Å². The van der Waals surface area contributed by atoms with E-state index >= 15 is 0 Å². The van der Waals surface area contributed by atoms with Gasteiger partial charge in [-0.1, -0.05) is 11.6 Å². The number of hydrogen-bond donors (Lipinski definition) is 0. The quantitative estimate of drug-likeness (QED) is 0.820. The minimum atomic E-state index is -0.0390. The predicted molar refractivity (Wildman–Crippen MR) is 78.5 cm³/mol. The van der Waals surface area contributed by atoms with Crippen molar-refractivity contribution in [1.82, 2.24) is 4.90 Å². The van der Waals surface area contributed by atoms with E-state index in [2.05, 4.69) is 15.9 Å². The Morgan fingerprint density at radius 3 is 2.58 bits per heavy atom. The van der Waals surface area contributed by atoms with E-state index < -0.39 is 0 Å². The van der Waals surface area contributed by atoms with Gasteiger partial charge in [-0.15, -0.1) is 0 Å². The zero-order chi connectivity index (χ0) is 14.0. The number of carbonyl (C=O) groups excluding carboxylic acids is 2. The van der Waals surface area contributed by atoms with Crippen molar-refractivity contribution in [2.75, 3.05) is 7.05 Å². The Labute approximate surface area is 126 Å². The summed E-state index contributed by atoms with van der Waals surface area (Å²) in [4.78, 5) is 25.4. The lowest BCUT2D eigenvalue weighted by atomic mass is 9.93. The molecule has 1 fully saturated rings. The number of halogens is 2. The van der Waals surface area contributed by atoms with Gasteiger partial charge < -0.3 is 4.90 Å². The monoisotopic (exact) mass is 343 g/mol. The van der Waals surface area contributed by atoms with Crippen molar-refractivity contribution in [3.8, 4) is 0 Å². The molecule has 0 aliphatic heterocycles. The van der Waals surface area contributed by atoms with Gasteiger partial charge in [0.1, 0.15) is 5.78 Å². The van der Waals surface area contributed by atoms with E-state index in [-0.39, 0.29) is 11.9 Å². The molecule has 0 atom stereocenters. The van der Waals surface area contributed by atoms with Gasteiger partial charge in [0.05, 0.1) is 5.56 Å². The van der Waals surface area contributed by atoms with E-state index in [9.17, 15) is 9.59 Å². The molecule has 0 bridgehead atoms. The molecular formula is C14H15BrClNO2. The molecule has 0 N–H and O–H groups in total. The lowest BCUT2D eigenvalue weighted by molar-refractivity contribution is -0.121. The van der Waals surface area contributed by atoms with Crippen LogP contribution in [-0.4, -0.2) is 29.7 Å². The van der Waals surface area contributed by atoms with Crippen LogP contribution in [0.5, 0.6) is 0 Å². The molecular weight excluding hydrogens is 330 g/mol. The lowest BCUT2D eigenvalue weighted by Gasteiger charge is -2.31. The summed E-state index contributed by atoms with van der Waals surface area (Å²) in [7, 11) is 1.80. The third-order valence-electron chi connectivity index (χ3n) is 3.54. The van der Waals surface area contributed by atoms with Crippen molar-refractivity contribution in [1.29, 1.82) is 0 Å². The van der Waals surface area contributed by atoms with Gasteiger partial charge in [-0.2, -0.15) is 0 Å². The molecule has 1 aromatic carbocycles. The van der Waals surface area contributed by atoms with Crippen LogP contribution in [0, 0.1) is 0 Å². The van der Waals surface area contributed by atoms with Crippen LogP contribution in [-0.2, 0) is 4.79 Å². The largest absolute Gasteiger partial charge is 0.339 e. The average molecular weight is 345 g/mol. The van der Waals surface area contributed by atoms with Crippen molar-refractivity contribution >= 4 is 39.2 Å². The summed E-state index contributed by atoms with van der Waals surface area (Å²) in [6.45, 7) is 0. The predicted octanol–water partition coefficient (Wildman–Crippen LogP) is 3.69. The summed E-state index contributed by atoms with van der Waals surface area (Å²) in [5, 5.41) is 0.592. The molecule has 1 amide bonds. The minimum Gasteiger partial charge on any atom is -0.339 e. The van der Waals surface area contributed by atoms with Crippen LogP contribution in [0.2, 0.25) is 5.02 Å². The number of carbonyl (C=O) groups is 2. The first-order chi connectivity index (χ1) is 8.99. The second kappa shape index (κ2) is 6.06. The molecule has 1 aliphatic carbocycles. The second-order valence-corrected chi connectivity index (χ2v) is 6.10. The molecule has 0 aromatic heterocycles. The summed E-state index contributed by atoms with van der Waals surface area (Å²) < 4.78 is 0.698. The first-order valence-electron chi connectivity index (χ1n) is 6.23. The van der Waals surface area contributed by atoms with Gasteiger partial charge >= 0.3 is 0 Å². The highest BCUT2D eigenvalue weighted by Gasteiger charge is 2.26. The Hall–Kier alpha value is -0.870. The highest BCUT2D eigenvalue weighted by atomic mass is 79.9. The fourth-order valence-corrected chi connectivity index (χ4v) is 3.18. The molecule has 0 unspecified atom stereocenters. The molecule has 0 radical (unpaired) electrons. The fourth-order valence-electron chi connectivity index (χ4n) is 2.33. The van der Waals surface area contributed by atoms with Crippen LogP contribution in [0.4, 0.5) is 0 Å². The van der Waals surface area contributed by atoms with Crippen molar-refractivity contribution in [3.05, 3.63) is 33.3 Å². The molecule has 0 heterocycles. The standard InChI is InChI=1S/C14H15BrClNO2/c1-17(10-3-5-11(18)6-4-10)14(19)12-7-2-9(16)8-13(12)15/h2,7-8,10H,3-6H2,1H3. The van der Waals surface area contributed by atoms with E-state index in [0.717, 1.165) is 12.8 Å². The molecule has 2 rings (SSSR count). The van der Waals surface area contributed by atoms with Gasteiger partial charge in [-0.25, -0.2) is 0 Å². The zero-order valence-electron chi connectivity index (χ0n) is 10.7. The number of rotatable bonds is 2. The molecule has 5 heteroatoms. The topological polar surface area (TPSA) is 37.4 Å². The van der Waals surface area contributed by atoms with E-state index in [1.165, 1.54) is 0 Å². The summed E-state index contributed by atoms with van der Waals surface area (Å²) in [6, 6.07) is 5.29. The first kappa shape index (κ1) is 14.5. The van der Waals surface area contributed by atoms with Crippen molar-refractivity contribution in [2.24, 2.45) is 0 Å². The van der Waals surface area contributed by atoms with E-state index in [1.807, 2.05) is 0 Å². The Morgan fingerprint density at radius 2 is 2.00 bits per heavy atom. The molecule has 19 heavy (non-hydrogen) atoms. The van der Waals surface area contributed by atoms with E-state index in [4.69, 9.17) is 11.6 Å². The maximum atomic E-state index is 12.4. The maximum absolute atomic E-state index is 12.4. The van der Waals surface area contributed by atoms with Gasteiger partial charge in [0.15, 0.2) is 0 Å². The maximum Gasteiger partial charge on any atom is 0.254 e. The number of ketones is 1. The molecule has 3 nitrogen and oxygen atoms in total. The Kier molecular flexibility index (Phi) is 4.63. The van der Waals surface area contributed by atoms with E-state index in [1.54, 1.807) is 30.1 Å². The molecule has 102 valence electrons. The summed E-state index contributed by atoms with van der Waals surface area (Å²) in [5.74, 6) is 0.257. The van der Waals surface area contributed by atoms with Gasteiger partial charge in [0.2, 0.25) is 0 Å². The SMILES string of the molecule is CN(C(=O)c1ccc(Cl)cc1Br)C1CCC(=O)CC1. The highest BCUT2D eigenvalue weighted by Crippen LogP contribution is 2.25.